The largest absolute Gasteiger partial charge is 0.465 e. The number of carbonyl (C=O) groups is 1. The van der Waals surface area contributed by atoms with E-state index in [0.29, 0.717) is 19.2 Å². The van der Waals surface area contributed by atoms with Crippen molar-refractivity contribution in [1.82, 2.24) is 4.90 Å². The smallest absolute Gasteiger partial charge is 0.320 e. The summed E-state index contributed by atoms with van der Waals surface area (Å²) in [5, 5.41) is 9.00. The predicted molar refractivity (Wildman–Crippen MR) is 66.8 cm³/mol. The molecule has 0 aromatic heterocycles. The van der Waals surface area contributed by atoms with Crippen LogP contribution in [0, 0.1) is 0 Å². The lowest BCUT2D eigenvalue weighted by Gasteiger charge is -2.34. The Kier molecular flexibility index (Phi) is 7.21. The number of carbonyl (C=O) groups excluding carboxylic acids is 1. The van der Waals surface area contributed by atoms with Crippen LogP contribution < -0.4 is 0 Å². The molecule has 17 heavy (non-hydrogen) atoms. The molecule has 0 aliphatic carbocycles. The van der Waals surface area contributed by atoms with Crippen molar-refractivity contribution in [3.8, 4) is 0 Å². The van der Waals surface area contributed by atoms with Gasteiger partial charge in [-0.05, 0) is 32.2 Å². The van der Waals surface area contributed by atoms with Crippen molar-refractivity contribution in [3.05, 3.63) is 0 Å². The number of rotatable bonds is 7. The van der Waals surface area contributed by atoms with Crippen LogP contribution in [0.15, 0.2) is 0 Å². The van der Waals surface area contributed by atoms with E-state index in [0.717, 1.165) is 38.6 Å². The van der Waals surface area contributed by atoms with Gasteiger partial charge in [0.05, 0.1) is 13.2 Å². The Morgan fingerprint density at radius 3 is 3.00 bits per heavy atom. The summed E-state index contributed by atoms with van der Waals surface area (Å²) < 4.78 is 5.17. The normalized spacial score (nSPS) is 21.4. The molecule has 0 bridgehead atoms. The van der Waals surface area contributed by atoms with Crippen LogP contribution in [0.2, 0.25) is 0 Å². The maximum Gasteiger partial charge on any atom is 0.320 e. The molecule has 1 N–H and O–H groups in total. The predicted octanol–water partition coefficient (Wildman–Crippen LogP) is 1.57. The van der Waals surface area contributed by atoms with E-state index < -0.39 is 0 Å². The standard InChI is InChI=1S/C13H25NO3/c1-2-3-10-17-13(16)11-14-8-5-4-6-12(14)7-9-15/h12,15H,2-11H2,1H3. The molecular formula is C13H25NO3. The molecule has 1 unspecified atom stereocenters. The van der Waals surface area contributed by atoms with Crippen molar-refractivity contribution in [2.45, 2.75) is 51.5 Å². The minimum Gasteiger partial charge on any atom is -0.465 e. The number of ether oxygens (including phenoxy) is 1. The monoisotopic (exact) mass is 243 g/mol. The van der Waals surface area contributed by atoms with Crippen LogP contribution in [0.5, 0.6) is 0 Å². The van der Waals surface area contributed by atoms with Gasteiger partial charge in [0, 0.05) is 12.6 Å². The molecule has 1 fully saturated rings. The molecule has 0 spiro atoms. The summed E-state index contributed by atoms with van der Waals surface area (Å²) in [6, 6.07) is 0.354. The third-order valence-electron chi connectivity index (χ3n) is 3.30. The van der Waals surface area contributed by atoms with Gasteiger partial charge in [0.2, 0.25) is 0 Å². The van der Waals surface area contributed by atoms with E-state index in [1.807, 2.05) is 0 Å². The van der Waals surface area contributed by atoms with Crippen molar-refractivity contribution in [1.29, 1.82) is 0 Å². The van der Waals surface area contributed by atoms with Gasteiger partial charge in [0.25, 0.3) is 0 Å². The molecule has 1 aliphatic rings. The summed E-state index contributed by atoms with van der Waals surface area (Å²) in [6.07, 6.45) is 6.18. The van der Waals surface area contributed by atoms with Crippen molar-refractivity contribution >= 4 is 5.97 Å². The molecular weight excluding hydrogens is 218 g/mol. The zero-order valence-corrected chi connectivity index (χ0v) is 10.9. The molecule has 4 heteroatoms. The van der Waals surface area contributed by atoms with Gasteiger partial charge in [-0.2, -0.15) is 0 Å². The molecule has 4 nitrogen and oxygen atoms in total. The molecule has 0 amide bonds. The first-order chi connectivity index (χ1) is 8.27. The van der Waals surface area contributed by atoms with Crippen LogP contribution in [0.4, 0.5) is 0 Å². The van der Waals surface area contributed by atoms with E-state index in [2.05, 4.69) is 11.8 Å². The molecule has 100 valence electrons. The van der Waals surface area contributed by atoms with Crippen molar-refractivity contribution in [3.63, 3.8) is 0 Å². The number of hydrogen-bond acceptors (Lipinski definition) is 4. The first-order valence-corrected chi connectivity index (χ1v) is 6.78. The summed E-state index contributed by atoms with van der Waals surface area (Å²) in [5.74, 6) is -0.122. The van der Waals surface area contributed by atoms with Crippen molar-refractivity contribution in [2.75, 3.05) is 26.3 Å². The molecule has 0 radical (unpaired) electrons. The second kappa shape index (κ2) is 8.48. The van der Waals surface area contributed by atoms with Gasteiger partial charge >= 0.3 is 5.97 Å². The number of aliphatic hydroxyl groups excluding tert-OH is 1. The summed E-state index contributed by atoms with van der Waals surface area (Å²) in [6.45, 7) is 4.15. The third kappa shape index (κ3) is 5.50. The summed E-state index contributed by atoms with van der Waals surface area (Å²) >= 11 is 0. The molecule has 1 heterocycles. The van der Waals surface area contributed by atoms with E-state index >= 15 is 0 Å². The third-order valence-corrected chi connectivity index (χ3v) is 3.30. The number of hydrogen-bond donors (Lipinski definition) is 1. The summed E-state index contributed by atoms with van der Waals surface area (Å²) in [7, 11) is 0. The summed E-state index contributed by atoms with van der Waals surface area (Å²) in [5.41, 5.74) is 0. The molecule has 0 aromatic carbocycles. The van der Waals surface area contributed by atoms with E-state index in [1.165, 1.54) is 6.42 Å². The highest BCUT2D eigenvalue weighted by Gasteiger charge is 2.24. The van der Waals surface area contributed by atoms with E-state index in [9.17, 15) is 4.79 Å². The number of aliphatic hydroxyl groups is 1. The highest BCUT2D eigenvalue weighted by atomic mass is 16.5. The minimum absolute atomic E-state index is 0.122. The van der Waals surface area contributed by atoms with Crippen LogP contribution in [-0.4, -0.2) is 48.3 Å². The Hall–Kier alpha value is -0.610. The minimum atomic E-state index is -0.122. The van der Waals surface area contributed by atoms with Gasteiger partial charge in [0.15, 0.2) is 0 Å². The maximum absolute atomic E-state index is 11.6. The van der Waals surface area contributed by atoms with E-state index in [-0.39, 0.29) is 12.6 Å². The van der Waals surface area contributed by atoms with Crippen molar-refractivity contribution < 1.29 is 14.6 Å². The quantitative estimate of drug-likeness (QED) is 0.544. The average Bonchev–Trinajstić information content (AvgIpc) is 2.32. The number of piperidine rings is 1. The highest BCUT2D eigenvalue weighted by molar-refractivity contribution is 5.71. The van der Waals surface area contributed by atoms with Gasteiger partial charge in [-0.15, -0.1) is 0 Å². The van der Waals surface area contributed by atoms with Gasteiger partial charge in [0.1, 0.15) is 0 Å². The van der Waals surface area contributed by atoms with Gasteiger partial charge in [-0.3, -0.25) is 9.69 Å². The molecule has 1 saturated heterocycles. The second-order valence-electron chi connectivity index (χ2n) is 4.71. The number of unbranched alkanes of at least 4 members (excludes halogenated alkanes) is 1. The number of likely N-dealkylation sites (tertiary alicyclic amines) is 1. The van der Waals surface area contributed by atoms with Crippen molar-refractivity contribution in [2.24, 2.45) is 0 Å². The topological polar surface area (TPSA) is 49.8 Å². The van der Waals surface area contributed by atoms with Crippen LogP contribution in [-0.2, 0) is 9.53 Å². The Balaban J connectivity index is 2.28. The van der Waals surface area contributed by atoms with Crippen LogP contribution >= 0.6 is 0 Å². The molecule has 1 aliphatic heterocycles. The molecule has 0 aromatic rings. The zero-order chi connectivity index (χ0) is 12.5. The zero-order valence-electron chi connectivity index (χ0n) is 10.9. The first kappa shape index (κ1) is 14.5. The van der Waals surface area contributed by atoms with Gasteiger partial charge in [-0.1, -0.05) is 19.8 Å². The molecule has 0 saturated carbocycles. The number of nitrogens with zero attached hydrogens (tertiary/aromatic N) is 1. The van der Waals surface area contributed by atoms with Gasteiger partial charge < -0.3 is 9.84 Å². The van der Waals surface area contributed by atoms with Crippen LogP contribution in [0.1, 0.15) is 45.4 Å². The fourth-order valence-corrected chi connectivity index (χ4v) is 2.29. The first-order valence-electron chi connectivity index (χ1n) is 6.78. The lowest BCUT2D eigenvalue weighted by Crippen LogP contribution is -2.43. The summed E-state index contributed by atoms with van der Waals surface area (Å²) in [4.78, 5) is 13.8. The molecule has 1 rings (SSSR count). The second-order valence-corrected chi connectivity index (χ2v) is 4.71. The maximum atomic E-state index is 11.6. The Bertz CT molecular complexity index is 219. The Morgan fingerprint density at radius 1 is 1.47 bits per heavy atom. The lowest BCUT2D eigenvalue weighted by molar-refractivity contribution is -0.146. The molecule has 1 atom stereocenters. The SMILES string of the molecule is CCCCOC(=O)CN1CCCCC1CCO. The van der Waals surface area contributed by atoms with Gasteiger partial charge in [-0.25, -0.2) is 0 Å². The fourth-order valence-electron chi connectivity index (χ4n) is 2.29. The van der Waals surface area contributed by atoms with E-state index in [4.69, 9.17) is 9.84 Å². The Labute approximate surface area is 104 Å². The lowest BCUT2D eigenvalue weighted by atomic mass is 10.00. The Morgan fingerprint density at radius 2 is 2.29 bits per heavy atom. The number of esters is 1. The van der Waals surface area contributed by atoms with E-state index in [1.54, 1.807) is 0 Å². The van der Waals surface area contributed by atoms with Crippen LogP contribution in [0.3, 0.4) is 0 Å². The highest BCUT2D eigenvalue weighted by Crippen LogP contribution is 2.19. The fraction of sp³-hybridized carbons (Fsp3) is 0.923. The van der Waals surface area contributed by atoms with Crippen LogP contribution in [0.25, 0.3) is 0 Å². The average molecular weight is 243 g/mol.